The lowest BCUT2D eigenvalue weighted by Crippen LogP contribution is -1.92. The Labute approximate surface area is 134 Å². The number of rotatable bonds is 5. The molecule has 0 saturated carbocycles. The molecule has 1 aliphatic rings. The molecule has 3 aromatic heterocycles. The van der Waals surface area contributed by atoms with E-state index in [0.717, 1.165) is 24.2 Å². The smallest absolute Gasteiger partial charge is 0.0650 e. The molecule has 23 heavy (non-hydrogen) atoms. The molecule has 0 atom stereocenters. The lowest BCUT2D eigenvalue weighted by molar-refractivity contribution is 0.994. The van der Waals surface area contributed by atoms with Crippen LogP contribution < -0.4 is 0 Å². The highest BCUT2D eigenvalue weighted by atomic mass is 14.8. The summed E-state index contributed by atoms with van der Waals surface area (Å²) in [5, 5.41) is 0. The summed E-state index contributed by atoms with van der Waals surface area (Å²) in [6, 6.07) is 12.7. The second-order valence-electron chi connectivity index (χ2n) is 5.70. The van der Waals surface area contributed by atoms with Crippen molar-refractivity contribution in [3.05, 3.63) is 88.9 Å². The molecule has 0 aromatic carbocycles. The first-order valence-corrected chi connectivity index (χ1v) is 7.74. The normalized spacial score (nSPS) is 15.0. The second-order valence-corrected chi connectivity index (χ2v) is 5.70. The third kappa shape index (κ3) is 3.26. The molecule has 1 aliphatic heterocycles. The van der Waals surface area contributed by atoms with Crippen LogP contribution in [0.15, 0.2) is 65.4 Å². The molecule has 4 nitrogen and oxygen atoms in total. The molecule has 114 valence electrons. The van der Waals surface area contributed by atoms with Gasteiger partial charge >= 0.3 is 0 Å². The number of nitrogens with one attached hydrogen (secondary N) is 3. The number of nitrogens with zero attached hydrogens (tertiary/aromatic N) is 1. The van der Waals surface area contributed by atoms with E-state index in [1.165, 1.54) is 22.8 Å². The number of allylic oxidation sites excluding steroid dienone is 2. The lowest BCUT2D eigenvalue weighted by Gasteiger charge is -1.98. The molecule has 4 heterocycles. The van der Waals surface area contributed by atoms with E-state index in [9.17, 15) is 0 Å². The Morgan fingerprint density at radius 3 is 2.39 bits per heavy atom. The van der Waals surface area contributed by atoms with Crippen LogP contribution in [0.1, 0.15) is 28.5 Å². The highest BCUT2D eigenvalue weighted by molar-refractivity contribution is 5.79. The minimum atomic E-state index is 0.868. The summed E-state index contributed by atoms with van der Waals surface area (Å²) in [7, 11) is 0. The lowest BCUT2D eigenvalue weighted by atomic mass is 10.2. The molecule has 0 aliphatic carbocycles. The molecule has 3 aromatic rings. The van der Waals surface area contributed by atoms with Crippen molar-refractivity contribution in [1.82, 2.24) is 15.0 Å². The molecule has 0 radical (unpaired) electrons. The number of aromatic amines is 3. The second kappa shape index (κ2) is 6.01. The van der Waals surface area contributed by atoms with Crippen LogP contribution >= 0.6 is 0 Å². The van der Waals surface area contributed by atoms with Crippen LogP contribution in [0.4, 0.5) is 0 Å². The quantitative estimate of drug-likeness (QED) is 0.641. The van der Waals surface area contributed by atoms with Crippen LogP contribution in [-0.2, 0) is 12.8 Å². The van der Waals surface area contributed by atoms with Crippen LogP contribution in [0.3, 0.4) is 0 Å². The van der Waals surface area contributed by atoms with Crippen LogP contribution in [0.2, 0.25) is 0 Å². The van der Waals surface area contributed by atoms with Gasteiger partial charge in [-0.05, 0) is 54.6 Å². The summed E-state index contributed by atoms with van der Waals surface area (Å²) in [6.45, 7) is 0. The maximum atomic E-state index is 4.26. The van der Waals surface area contributed by atoms with Gasteiger partial charge in [-0.1, -0.05) is 0 Å². The summed E-state index contributed by atoms with van der Waals surface area (Å²) < 4.78 is 0. The predicted molar refractivity (Wildman–Crippen MR) is 93.6 cm³/mol. The first-order valence-electron chi connectivity index (χ1n) is 7.74. The molecular weight excluding hydrogens is 284 g/mol. The fourth-order valence-electron chi connectivity index (χ4n) is 2.79. The first kappa shape index (κ1) is 13.6. The van der Waals surface area contributed by atoms with Crippen LogP contribution in [0, 0.1) is 0 Å². The monoisotopic (exact) mass is 302 g/mol. The topological polar surface area (TPSA) is 59.7 Å². The fraction of sp³-hybridized carbons (Fsp3) is 0.105. The van der Waals surface area contributed by atoms with E-state index in [2.05, 4.69) is 56.4 Å². The number of hydrogen-bond acceptors (Lipinski definition) is 1. The minimum Gasteiger partial charge on any atom is -0.365 e. The van der Waals surface area contributed by atoms with Crippen molar-refractivity contribution >= 4 is 12.3 Å². The Balaban J connectivity index is 1.43. The van der Waals surface area contributed by atoms with E-state index in [-0.39, 0.29) is 0 Å². The minimum absolute atomic E-state index is 0.868. The summed E-state index contributed by atoms with van der Waals surface area (Å²) in [5.41, 5.74) is 6.91. The Morgan fingerprint density at radius 2 is 1.65 bits per heavy atom. The summed E-state index contributed by atoms with van der Waals surface area (Å²) >= 11 is 0. The summed E-state index contributed by atoms with van der Waals surface area (Å²) in [5.74, 6) is 0. The van der Waals surface area contributed by atoms with Gasteiger partial charge in [0, 0.05) is 53.7 Å². The third-order valence-electron chi connectivity index (χ3n) is 3.88. The fourth-order valence-corrected chi connectivity index (χ4v) is 2.79. The average molecular weight is 302 g/mol. The van der Waals surface area contributed by atoms with Crippen molar-refractivity contribution in [3.63, 3.8) is 0 Å². The number of aromatic nitrogens is 3. The van der Waals surface area contributed by atoms with Crippen molar-refractivity contribution in [2.45, 2.75) is 12.8 Å². The van der Waals surface area contributed by atoms with Crippen LogP contribution in [0.5, 0.6) is 0 Å². The number of aliphatic imine (C=N–C) groups is 1. The molecule has 0 saturated heterocycles. The van der Waals surface area contributed by atoms with E-state index < -0.39 is 0 Å². The highest BCUT2D eigenvalue weighted by Gasteiger charge is 2.04. The van der Waals surface area contributed by atoms with Crippen molar-refractivity contribution < 1.29 is 0 Å². The third-order valence-corrected chi connectivity index (χ3v) is 3.88. The van der Waals surface area contributed by atoms with Gasteiger partial charge in [0.1, 0.15) is 0 Å². The zero-order valence-corrected chi connectivity index (χ0v) is 12.7. The van der Waals surface area contributed by atoms with Gasteiger partial charge in [-0.2, -0.15) is 0 Å². The van der Waals surface area contributed by atoms with Gasteiger partial charge in [0.15, 0.2) is 0 Å². The van der Waals surface area contributed by atoms with E-state index >= 15 is 0 Å². The zero-order valence-electron chi connectivity index (χ0n) is 12.7. The maximum absolute atomic E-state index is 4.26. The SMILES string of the molecule is C1=C/C(=C\c2ccc(Cc3ccc(Cc4ccc[nH]4)[nH]3)[nH]2)N=C1. The Bertz CT molecular complexity index is 858. The Kier molecular flexibility index (Phi) is 3.56. The molecule has 0 bridgehead atoms. The molecule has 0 spiro atoms. The van der Waals surface area contributed by atoms with Crippen LogP contribution in [-0.4, -0.2) is 21.2 Å². The van der Waals surface area contributed by atoms with E-state index in [4.69, 9.17) is 0 Å². The van der Waals surface area contributed by atoms with Crippen molar-refractivity contribution in [1.29, 1.82) is 0 Å². The summed E-state index contributed by atoms with van der Waals surface area (Å²) in [6.07, 6.45) is 11.5. The van der Waals surface area contributed by atoms with Gasteiger partial charge in [-0.3, -0.25) is 4.99 Å². The molecule has 0 amide bonds. The van der Waals surface area contributed by atoms with Crippen LogP contribution in [0.25, 0.3) is 6.08 Å². The van der Waals surface area contributed by atoms with E-state index in [1.807, 2.05) is 24.4 Å². The number of hydrogen-bond donors (Lipinski definition) is 3. The Morgan fingerprint density at radius 1 is 0.870 bits per heavy atom. The van der Waals surface area contributed by atoms with E-state index in [1.54, 1.807) is 6.21 Å². The molecule has 3 N–H and O–H groups in total. The van der Waals surface area contributed by atoms with Gasteiger partial charge in [0.05, 0.1) is 5.70 Å². The molecule has 4 heteroatoms. The highest BCUT2D eigenvalue weighted by Crippen LogP contribution is 2.15. The average Bonchev–Trinajstić information content (AvgIpc) is 3.31. The largest absolute Gasteiger partial charge is 0.365 e. The molecule has 0 unspecified atom stereocenters. The molecule has 4 rings (SSSR count). The molecule has 0 fully saturated rings. The van der Waals surface area contributed by atoms with Gasteiger partial charge in [-0.25, -0.2) is 0 Å². The van der Waals surface area contributed by atoms with Gasteiger partial charge in [0.25, 0.3) is 0 Å². The Hall–Kier alpha value is -3.01. The number of H-pyrrole nitrogens is 3. The van der Waals surface area contributed by atoms with Crippen molar-refractivity contribution in [3.8, 4) is 0 Å². The van der Waals surface area contributed by atoms with Gasteiger partial charge in [-0.15, -0.1) is 0 Å². The first-order chi connectivity index (χ1) is 11.3. The molecular formula is C19H18N4. The van der Waals surface area contributed by atoms with Gasteiger partial charge < -0.3 is 15.0 Å². The van der Waals surface area contributed by atoms with Crippen molar-refractivity contribution in [2.24, 2.45) is 4.99 Å². The standard InChI is InChI=1S/C19H18N4/c1-3-14(20-9-1)11-16-5-7-18(22-16)13-19-8-6-17(23-19)12-15-4-2-10-21-15/h1-11,21-23H,12-13H2/b14-11+. The summed E-state index contributed by atoms with van der Waals surface area (Å²) in [4.78, 5) is 14.4. The zero-order chi connectivity index (χ0) is 15.5. The van der Waals surface area contributed by atoms with Gasteiger partial charge in [0.2, 0.25) is 0 Å². The maximum Gasteiger partial charge on any atom is 0.0650 e. The predicted octanol–water partition coefficient (Wildman–Crippen LogP) is 3.83. The van der Waals surface area contributed by atoms with E-state index in [0.29, 0.717) is 0 Å². The van der Waals surface area contributed by atoms with Crippen molar-refractivity contribution in [2.75, 3.05) is 0 Å².